The lowest BCUT2D eigenvalue weighted by atomic mass is 10.1. The van der Waals surface area contributed by atoms with E-state index in [-0.39, 0.29) is 36.6 Å². The molecule has 0 saturated heterocycles. The molecule has 2 atom stereocenters. The Kier molecular flexibility index (Phi) is 9.62. The number of nitrogens with one attached hydrogen (secondary N) is 2. The number of aliphatic hydroxyl groups is 1. The Morgan fingerprint density at radius 1 is 1.35 bits per heavy atom. The molecule has 26 heavy (non-hydrogen) atoms. The summed E-state index contributed by atoms with van der Waals surface area (Å²) in [7, 11) is 4.03. The van der Waals surface area contributed by atoms with Crippen molar-refractivity contribution in [2.24, 2.45) is 4.99 Å². The molecule has 2 aromatic heterocycles. The molecule has 8 heteroatoms. The van der Waals surface area contributed by atoms with Crippen molar-refractivity contribution in [1.82, 2.24) is 15.5 Å². The van der Waals surface area contributed by atoms with Crippen molar-refractivity contribution in [2.45, 2.75) is 25.5 Å². The van der Waals surface area contributed by atoms with Gasteiger partial charge in [0.1, 0.15) is 11.4 Å². The van der Waals surface area contributed by atoms with Crippen LogP contribution in [0.15, 0.2) is 45.3 Å². The van der Waals surface area contributed by atoms with Crippen molar-refractivity contribution < 1.29 is 9.52 Å². The largest absolute Gasteiger partial charge is 0.468 e. The Morgan fingerprint density at radius 2 is 2.12 bits per heavy atom. The second-order valence-electron chi connectivity index (χ2n) is 6.32. The van der Waals surface area contributed by atoms with Crippen molar-refractivity contribution in [3.8, 4) is 0 Å². The number of hydrogen-bond donors (Lipinski definition) is 3. The summed E-state index contributed by atoms with van der Waals surface area (Å²) in [4.78, 5) is 7.56. The van der Waals surface area contributed by atoms with Gasteiger partial charge in [-0.3, -0.25) is 4.90 Å². The number of halogens is 1. The lowest BCUT2D eigenvalue weighted by Gasteiger charge is -2.24. The lowest BCUT2D eigenvalue weighted by molar-refractivity contribution is 0.0711. The Labute approximate surface area is 176 Å². The minimum absolute atomic E-state index is 0. The second-order valence-corrected chi connectivity index (χ2v) is 7.27. The molecule has 0 saturated carbocycles. The van der Waals surface area contributed by atoms with Crippen LogP contribution in [0.4, 0.5) is 0 Å². The molecule has 0 aromatic carbocycles. The molecule has 2 rings (SSSR count). The number of thiophene rings is 1. The van der Waals surface area contributed by atoms with Crippen LogP contribution in [0.2, 0.25) is 0 Å². The van der Waals surface area contributed by atoms with E-state index >= 15 is 0 Å². The van der Waals surface area contributed by atoms with Gasteiger partial charge in [-0.15, -0.1) is 35.3 Å². The highest BCUT2D eigenvalue weighted by Gasteiger charge is 2.24. The molecular formula is C18H29IN4O2S. The Hall–Kier alpha value is -1.10. The average molecular weight is 492 g/mol. The van der Waals surface area contributed by atoms with Gasteiger partial charge in [-0.05, 0) is 51.5 Å². The average Bonchev–Trinajstić information content (AvgIpc) is 3.26. The smallest absolute Gasteiger partial charge is 0.191 e. The maximum absolute atomic E-state index is 10.6. The molecule has 146 valence electrons. The van der Waals surface area contributed by atoms with Crippen molar-refractivity contribution in [2.75, 3.05) is 33.7 Å². The summed E-state index contributed by atoms with van der Waals surface area (Å²) in [6.07, 6.45) is 1.68. The molecule has 0 aliphatic carbocycles. The van der Waals surface area contributed by atoms with Gasteiger partial charge in [-0.2, -0.15) is 0 Å². The fourth-order valence-electron chi connectivity index (χ4n) is 2.45. The van der Waals surface area contributed by atoms with E-state index in [0.29, 0.717) is 12.5 Å². The van der Waals surface area contributed by atoms with Crippen LogP contribution in [0.25, 0.3) is 0 Å². The zero-order chi connectivity index (χ0) is 18.3. The van der Waals surface area contributed by atoms with Gasteiger partial charge in [0.15, 0.2) is 5.96 Å². The molecule has 0 spiro atoms. The summed E-state index contributed by atoms with van der Waals surface area (Å²) in [6, 6.07) is 7.82. The van der Waals surface area contributed by atoms with Gasteiger partial charge < -0.3 is 20.2 Å². The highest BCUT2D eigenvalue weighted by atomic mass is 127. The van der Waals surface area contributed by atoms with E-state index < -0.39 is 5.60 Å². The fraction of sp³-hybridized carbons (Fsp3) is 0.500. The van der Waals surface area contributed by atoms with Gasteiger partial charge in [0.2, 0.25) is 0 Å². The van der Waals surface area contributed by atoms with Crippen LogP contribution in [-0.4, -0.2) is 49.7 Å². The summed E-state index contributed by atoms with van der Waals surface area (Å²) < 4.78 is 5.53. The van der Waals surface area contributed by atoms with Crippen molar-refractivity contribution in [3.05, 3.63) is 46.5 Å². The zero-order valence-electron chi connectivity index (χ0n) is 15.7. The minimum Gasteiger partial charge on any atom is -0.468 e. The van der Waals surface area contributed by atoms with E-state index in [2.05, 4.69) is 20.5 Å². The topological polar surface area (TPSA) is 73.0 Å². The van der Waals surface area contributed by atoms with E-state index in [0.717, 1.165) is 17.2 Å². The number of guanidine groups is 1. The molecule has 0 aliphatic rings. The fourth-order valence-corrected chi connectivity index (χ4v) is 3.23. The van der Waals surface area contributed by atoms with Crippen LogP contribution in [0.5, 0.6) is 0 Å². The maximum Gasteiger partial charge on any atom is 0.191 e. The summed E-state index contributed by atoms with van der Waals surface area (Å²) in [5.41, 5.74) is -0.974. The lowest BCUT2D eigenvalue weighted by Crippen LogP contribution is -2.42. The summed E-state index contributed by atoms with van der Waals surface area (Å²) >= 11 is 1.54. The number of hydrogen-bond acceptors (Lipinski definition) is 5. The number of furan rings is 1. The number of aliphatic imine (C=N–C) groups is 1. The van der Waals surface area contributed by atoms with Crippen molar-refractivity contribution in [1.29, 1.82) is 0 Å². The van der Waals surface area contributed by atoms with E-state index in [1.807, 2.05) is 50.7 Å². The Balaban J connectivity index is 0.00000338. The molecule has 3 N–H and O–H groups in total. The van der Waals surface area contributed by atoms with Crippen LogP contribution >= 0.6 is 35.3 Å². The molecule has 0 radical (unpaired) electrons. The molecular weight excluding hydrogens is 463 g/mol. The summed E-state index contributed by atoms with van der Waals surface area (Å²) in [6.45, 7) is 5.49. The summed E-state index contributed by atoms with van der Waals surface area (Å²) in [5.74, 6) is 1.58. The maximum atomic E-state index is 10.6. The van der Waals surface area contributed by atoms with E-state index in [1.54, 1.807) is 13.2 Å². The highest BCUT2D eigenvalue weighted by Crippen LogP contribution is 2.25. The van der Waals surface area contributed by atoms with Gasteiger partial charge in [-0.25, -0.2) is 4.99 Å². The number of rotatable bonds is 8. The molecule has 0 fully saturated rings. The molecule has 0 bridgehead atoms. The molecule has 0 aliphatic heterocycles. The normalized spacial score (nSPS) is 15.2. The van der Waals surface area contributed by atoms with Crippen LogP contribution in [-0.2, 0) is 5.60 Å². The van der Waals surface area contributed by atoms with Crippen molar-refractivity contribution in [3.63, 3.8) is 0 Å². The first kappa shape index (κ1) is 22.9. The van der Waals surface area contributed by atoms with E-state index in [4.69, 9.17) is 4.42 Å². The number of nitrogens with zero attached hydrogens (tertiary/aromatic N) is 2. The monoisotopic (exact) mass is 492 g/mol. The molecule has 0 amide bonds. The quantitative estimate of drug-likeness (QED) is 0.300. The van der Waals surface area contributed by atoms with Gasteiger partial charge in [-0.1, -0.05) is 6.07 Å². The minimum atomic E-state index is -0.974. The third kappa shape index (κ3) is 6.57. The SMILES string of the molecule is CCNC(=NCC(C)(O)c1cccs1)NCC(c1ccco1)N(C)C.I. The van der Waals surface area contributed by atoms with Gasteiger partial charge in [0.05, 0.1) is 18.8 Å². The molecule has 2 aromatic rings. The number of likely N-dealkylation sites (N-methyl/N-ethyl adjacent to an activating group) is 1. The van der Waals surface area contributed by atoms with Crippen LogP contribution in [0, 0.1) is 0 Å². The first-order chi connectivity index (χ1) is 11.9. The first-order valence-corrected chi connectivity index (χ1v) is 9.30. The van der Waals surface area contributed by atoms with Gasteiger partial charge >= 0.3 is 0 Å². The predicted molar refractivity (Wildman–Crippen MR) is 118 cm³/mol. The van der Waals surface area contributed by atoms with Crippen LogP contribution < -0.4 is 10.6 Å². The third-order valence-electron chi connectivity index (χ3n) is 3.90. The van der Waals surface area contributed by atoms with Gasteiger partial charge in [0.25, 0.3) is 0 Å². The van der Waals surface area contributed by atoms with Crippen LogP contribution in [0.1, 0.15) is 30.5 Å². The zero-order valence-corrected chi connectivity index (χ0v) is 18.9. The first-order valence-electron chi connectivity index (χ1n) is 8.42. The second kappa shape index (κ2) is 10.9. The molecule has 6 nitrogen and oxygen atoms in total. The molecule has 2 unspecified atom stereocenters. The van der Waals surface area contributed by atoms with Crippen molar-refractivity contribution >= 4 is 41.3 Å². The van der Waals surface area contributed by atoms with Crippen LogP contribution in [0.3, 0.4) is 0 Å². The predicted octanol–water partition coefficient (Wildman–Crippen LogP) is 3.02. The van der Waals surface area contributed by atoms with E-state index in [1.165, 1.54) is 11.3 Å². The standard InChI is InChI=1S/C18H28N4O2S.HI/c1-5-19-17(21-13-18(2,23)16-9-7-11-25-16)20-12-14(22(3)4)15-8-6-10-24-15;/h6-11,14,23H,5,12-13H2,1-4H3,(H2,19,20,21);1H. The third-order valence-corrected chi connectivity index (χ3v) is 5.02. The Bertz CT molecular complexity index is 642. The highest BCUT2D eigenvalue weighted by molar-refractivity contribution is 14.0. The summed E-state index contributed by atoms with van der Waals surface area (Å²) in [5, 5.41) is 19.2. The Morgan fingerprint density at radius 3 is 2.65 bits per heavy atom. The van der Waals surface area contributed by atoms with Gasteiger partial charge in [0, 0.05) is 18.0 Å². The van der Waals surface area contributed by atoms with E-state index in [9.17, 15) is 5.11 Å². The molecule has 2 heterocycles.